The lowest BCUT2D eigenvalue weighted by Gasteiger charge is -2.21. The standard InChI is InChI=1S/C22H26FN3O2.C22H24FN3O2/c2*23-22(11-10-19-9-8-18-7-4-13-24-20(18)25-19)12-14-26(16-22)21(27)28-15-17-5-2-1-3-6-17/h1-3,5-6,8-9H,4,7,10-16H2,(H,24,25);1-3,5-6,8-11H,4,7,12-16H2,(H,24,25)/b;11-10+. The molecule has 2 saturated heterocycles. The van der Waals surface area contributed by atoms with Gasteiger partial charge in [-0.25, -0.2) is 28.3 Å². The van der Waals surface area contributed by atoms with E-state index in [1.807, 2.05) is 78.9 Å². The fourth-order valence-corrected chi connectivity index (χ4v) is 7.44. The van der Waals surface area contributed by atoms with Gasteiger partial charge in [0.2, 0.25) is 0 Å². The zero-order chi connectivity index (χ0) is 38.8. The fourth-order valence-electron chi connectivity index (χ4n) is 7.44. The van der Waals surface area contributed by atoms with Crippen molar-refractivity contribution < 1.29 is 27.8 Å². The van der Waals surface area contributed by atoms with E-state index >= 15 is 8.78 Å². The van der Waals surface area contributed by atoms with Crippen molar-refractivity contribution in [2.75, 3.05) is 49.9 Å². The maximum Gasteiger partial charge on any atom is 0.410 e. The summed E-state index contributed by atoms with van der Waals surface area (Å²) in [6.45, 7) is 3.08. The number of likely N-dealkylation sites (tertiary alicyclic amines) is 2. The molecule has 8 rings (SSSR count). The molecule has 0 saturated carbocycles. The molecule has 2 N–H and O–H groups in total. The first kappa shape index (κ1) is 38.7. The Hall–Kier alpha value is -5.52. The van der Waals surface area contributed by atoms with Crippen LogP contribution in [0.2, 0.25) is 0 Å². The van der Waals surface area contributed by atoms with Crippen molar-refractivity contribution in [2.45, 2.75) is 75.9 Å². The second-order valence-electron chi connectivity index (χ2n) is 15.1. The van der Waals surface area contributed by atoms with Crippen LogP contribution in [0, 0.1) is 0 Å². The SMILES string of the molecule is O=C(OCc1ccccc1)N1CCC(F)(/C=C/c2ccc3c(n2)NCCC3)C1.O=C(OCc1ccccc1)N1CCC(F)(CCc2ccc3c(n2)NCCC3)C1. The molecule has 6 heterocycles. The van der Waals surface area contributed by atoms with Crippen LogP contribution in [0.3, 0.4) is 0 Å². The summed E-state index contributed by atoms with van der Waals surface area (Å²) < 4.78 is 41.0. The van der Waals surface area contributed by atoms with Crippen molar-refractivity contribution in [3.8, 4) is 0 Å². The molecule has 10 nitrogen and oxygen atoms in total. The van der Waals surface area contributed by atoms with E-state index < -0.39 is 23.5 Å². The molecule has 4 aromatic rings. The van der Waals surface area contributed by atoms with Crippen LogP contribution in [-0.4, -0.2) is 82.6 Å². The third kappa shape index (κ3) is 10.4. The Morgan fingerprint density at radius 2 is 1.29 bits per heavy atom. The number of ether oxygens (including phenoxy) is 2. The molecule has 12 heteroatoms. The second-order valence-corrected chi connectivity index (χ2v) is 15.1. The third-order valence-corrected chi connectivity index (χ3v) is 10.7. The lowest BCUT2D eigenvalue weighted by molar-refractivity contribution is 0.0924. The molecule has 2 aromatic heterocycles. The number of nitrogens with zero attached hydrogens (tertiary/aromatic N) is 4. The summed E-state index contributed by atoms with van der Waals surface area (Å²) >= 11 is 0. The number of nitrogens with one attached hydrogen (secondary N) is 2. The van der Waals surface area contributed by atoms with Crippen LogP contribution < -0.4 is 10.6 Å². The number of rotatable bonds is 9. The van der Waals surface area contributed by atoms with Crippen molar-refractivity contribution in [1.82, 2.24) is 19.8 Å². The van der Waals surface area contributed by atoms with Crippen LogP contribution in [0.1, 0.15) is 65.7 Å². The first-order chi connectivity index (χ1) is 27.2. The Morgan fingerprint density at radius 1 is 0.714 bits per heavy atom. The number of fused-ring (bicyclic) bond motifs is 2. The van der Waals surface area contributed by atoms with E-state index in [2.05, 4.69) is 26.7 Å². The topological polar surface area (TPSA) is 109 Å². The number of pyridine rings is 2. The zero-order valence-corrected chi connectivity index (χ0v) is 31.7. The predicted molar refractivity (Wildman–Crippen MR) is 213 cm³/mol. The second kappa shape index (κ2) is 18.0. The Balaban J connectivity index is 0.000000172. The molecule has 4 aliphatic heterocycles. The summed E-state index contributed by atoms with van der Waals surface area (Å²) in [5.74, 6) is 1.83. The van der Waals surface area contributed by atoms with E-state index in [4.69, 9.17) is 9.47 Å². The number of benzene rings is 2. The number of aryl methyl sites for hydroxylation is 3. The van der Waals surface area contributed by atoms with Gasteiger partial charge in [0.25, 0.3) is 0 Å². The number of amides is 2. The molecule has 0 spiro atoms. The number of carbonyl (C=O) groups excluding carboxylic acids is 2. The van der Waals surface area contributed by atoms with Gasteiger partial charge < -0.3 is 29.9 Å². The van der Waals surface area contributed by atoms with Crippen LogP contribution in [-0.2, 0) is 41.9 Å². The number of hydrogen-bond donors (Lipinski definition) is 2. The number of aromatic nitrogens is 2. The van der Waals surface area contributed by atoms with E-state index in [9.17, 15) is 9.59 Å². The normalized spacial score (nSPS) is 21.2. The molecule has 2 atom stereocenters. The highest BCUT2D eigenvalue weighted by Crippen LogP contribution is 2.32. The van der Waals surface area contributed by atoms with Gasteiger partial charge in [0.1, 0.15) is 36.2 Å². The molecule has 2 aromatic carbocycles. The van der Waals surface area contributed by atoms with Gasteiger partial charge in [-0.15, -0.1) is 0 Å². The first-order valence-corrected chi connectivity index (χ1v) is 19.7. The average molecular weight is 765 g/mol. The smallest absolute Gasteiger partial charge is 0.410 e. The van der Waals surface area contributed by atoms with E-state index in [1.165, 1.54) is 27.0 Å². The molecular weight excluding hydrogens is 715 g/mol. The van der Waals surface area contributed by atoms with Gasteiger partial charge in [-0.3, -0.25) is 0 Å². The van der Waals surface area contributed by atoms with Crippen molar-refractivity contribution >= 4 is 29.9 Å². The number of alkyl halides is 2. The van der Waals surface area contributed by atoms with E-state index in [0.717, 1.165) is 72.9 Å². The number of hydrogen-bond acceptors (Lipinski definition) is 8. The van der Waals surface area contributed by atoms with Gasteiger partial charge in [0.15, 0.2) is 0 Å². The summed E-state index contributed by atoms with van der Waals surface area (Å²) in [4.78, 5) is 36.6. The molecule has 2 unspecified atom stereocenters. The molecule has 0 bridgehead atoms. The maximum absolute atomic E-state index is 15.2. The molecule has 2 fully saturated rings. The number of halogens is 2. The van der Waals surface area contributed by atoms with Gasteiger partial charge in [-0.1, -0.05) is 72.8 Å². The Morgan fingerprint density at radius 3 is 1.93 bits per heavy atom. The van der Waals surface area contributed by atoms with Crippen LogP contribution in [0.15, 0.2) is 91.0 Å². The van der Waals surface area contributed by atoms with E-state index in [1.54, 1.807) is 6.08 Å². The highest BCUT2D eigenvalue weighted by atomic mass is 19.1. The van der Waals surface area contributed by atoms with E-state index in [0.29, 0.717) is 32.4 Å². The Bertz CT molecular complexity index is 1990. The zero-order valence-electron chi connectivity index (χ0n) is 31.7. The molecule has 56 heavy (non-hydrogen) atoms. The molecular formula is C44H50F2N6O4. The van der Waals surface area contributed by atoms with Crippen molar-refractivity contribution in [2.24, 2.45) is 0 Å². The van der Waals surface area contributed by atoms with Crippen LogP contribution >= 0.6 is 0 Å². The summed E-state index contributed by atoms with van der Waals surface area (Å²) in [6.07, 6.45) is 8.13. The Kier molecular flexibility index (Phi) is 12.4. The minimum atomic E-state index is -1.56. The van der Waals surface area contributed by atoms with Crippen molar-refractivity contribution in [3.63, 3.8) is 0 Å². The monoisotopic (exact) mass is 764 g/mol. The van der Waals surface area contributed by atoms with Gasteiger partial charge >= 0.3 is 12.2 Å². The lowest BCUT2D eigenvalue weighted by atomic mass is 9.97. The quantitative estimate of drug-likeness (QED) is 0.175. The van der Waals surface area contributed by atoms with Crippen molar-refractivity contribution in [1.29, 1.82) is 0 Å². The van der Waals surface area contributed by atoms with Gasteiger partial charge in [0.05, 0.1) is 18.8 Å². The van der Waals surface area contributed by atoms with Gasteiger partial charge in [-0.05, 0) is 85.1 Å². The number of carbonyl (C=O) groups is 2. The summed E-state index contributed by atoms with van der Waals surface area (Å²) in [7, 11) is 0. The molecule has 0 radical (unpaired) electrons. The molecule has 294 valence electrons. The van der Waals surface area contributed by atoms with Crippen molar-refractivity contribution in [3.05, 3.63) is 125 Å². The number of anilines is 2. The first-order valence-electron chi connectivity index (χ1n) is 19.7. The largest absolute Gasteiger partial charge is 0.445 e. The maximum atomic E-state index is 15.2. The predicted octanol–water partition coefficient (Wildman–Crippen LogP) is 8.33. The highest BCUT2D eigenvalue weighted by Gasteiger charge is 2.41. The Labute approximate surface area is 327 Å². The third-order valence-electron chi connectivity index (χ3n) is 10.7. The average Bonchev–Trinajstić information content (AvgIpc) is 3.84. The lowest BCUT2D eigenvalue weighted by Crippen LogP contribution is -2.34. The van der Waals surface area contributed by atoms with Crippen LogP contribution in [0.25, 0.3) is 6.08 Å². The van der Waals surface area contributed by atoms with E-state index in [-0.39, 0.29) is 32.7 Å². The fraction of sp³-hybridized carbons (Fsp3) is 0.409. The van der Waals surface area contributed by atoms with Crippen LogP contribution in [0.5, 0.6) is 0 Å². The minimum absolute atomic E-state index is 0.000311. The molecule has 0 aliphatic carbocycles. The summed E-state index contributed by atoms with van der Waals surface area (Å²) in [6, 6.07) is 27.0. The van der Waals surface area contributed by atoms with Crippen LogP contribution in [0.4, 0.5) is 30.0 Å². The summed E-state index contributed by atoms with van der Waals surface area (Å²) in [5.41, 5.74) is 2.95. The summed E-state index contributed by atoms with van der Waals surface area (Å²) in [5, 5.41) is 6.60. The minimum Gasteiger partial charge on any atom is -0.445 e. The van der Waals surface area contributed by atoms with Gasteiger partial charge in [0, 0.05) is 44.7 Å². The highest BCUT2D eigenvalue weighted by molar-refractivity contribution is 5.69. The van der Waals surface area contributed by atoms with Gasteiger partial charge in [-0.2, -0.15) is 0 Å². The molecule has 4 aliphatic rings. The molecule has 2 amide bonds.